The Hall–Kier alpha value is -1.53. The molecule has 96 valence electrons. The van der Waals surface area contributed by atoms with Gasteiger partial charge in [-0.15, -0.1) is 0 Å². The predicted molar refractivity (Wildman–Crippen MR) is 71.5 cm³/mol. The smallest absolute Gasteiger partial charge is 0.119 e. The van der Waals surface area contributed by atoms with Crippen molar-refractivity contribution in [2.45, 2.75) is 32.2 Å². The molecule has 0 radical (unpaired) electrons. The molecule has 0 saturated carbocycles. The van der Waals surface area contributed by atoms with Crippen LogP contribution in [0.25, 0.3) is 0 Å². The van der Waals surface area contributed by atoms with E-state index in [9.17, 15) is 0 Å². The third kappa shape index (κ3) is 3.48. The highest BCUT2D eigenvalue weighted by atomic mass is 16.5. The van der Waals surface area contributed by atoms with Crippen LogP contribution in [0.4, 0.5) is 0 Å². The third-order valence-electron chi connectivity index (χ3n) is 3.54. The molecule has 3 nitrogen and oxygen atoms in total. The van der Waals surface area contributed by atoms with E-state index < -0.39 is 0 Å². The normalized spacial score (nSPS) is 19.7. The fourth-order valence-electron chi connectivity index (χ4n) is 2.40. The second-order valence-corrected chi connectivity index (χ2v) is 4.85. The van der Waals surface area contributed by atoms with Crippen LogP contribution in [0.2, 0.25) is 0 Å². The molecule has 1 aromatic carbocycles. The topological polar surface area (TPSA) is 36.3 Å². The SMILES string of the molecule is CC1CCCN1CCOc1ccc(CC#N)cc1. The van der Waals surface area contributed by atoms with E-state index in [1.165, 1.54) is 19.4 Å². The van der Waals surface area contributed by atoms with E-state index in [0.29, 0.717) is 12.5 Å². The van der Waals surface area contributed by atoms with Crippen LogP contribution in [0.1, 0.15) is 25.3 Å². The number of likely N-dealkylation sites (tertiary alicyclic amines) is 1. The molecule has 18 heavy (non-hydrogen) atoms. The summed E-state index contributed by atoms with van der Waals surface area (Å²) < 4.78 is 5.72. The van der Waals surface area contributed by atoms with Crippen molar-refractivity contribution in [1.29, 1.82) is 5.26 Å². The van der Waals surface area contributed by atoms with Crippen molar-refractivity contribution in [1.82, 2.24) is 4.90 Å². The summed E-state index contributed by atoms with van der Waals surface area (Å²) in [6.07, 6.45) is 3.08. The third-order valence-corrected chi connectivity index (χ3v) is 3.54. The maximum atomic E-state index is 8.59. The summed E-state index contributed by atoms with van der Waals surface area (Å²) in [5.41, 5.74) is 1.04. The lowest BCUT2D eigenvalue weighted by atomic mass is 10.2. The molecule has 1 aliphatic rings. The molecule has 1 aromatic rings. The maximum absolute atomic E-state index is 8.59. The van der Waals surface area contributed by atoms with Crippen LogP contribution in [0.15, 0.2) is 24.3 Å². The van der Waals surface area contributed by atoms with Crippen LogP contribution < -0.4 is 4.74 Å². The summed E-state index contributed by atoms with van der Waals surface area (Å²) in [7, 11) is 0. The molecule has 1 atom stereocenters. The van der Waals surface area contributed by atoms with Gasteiger partial charge in [-0.2, -0.15) is 5.26 Å². The Bertz CT molecular complexity index is 407. The lowest BCUT2D eigenvalue weighted by Gasteiger charge is -2.20. The molecule has 1 heterocycles. The molecular weight excluding hydrogens is 224 g/mol. The number of ether oxygens (including phenoxy) is 1. The summed E-state index contributed by atoms with van der Waals surface area (Å²) in [6.45, 7) is 5.22. The van der Waals surface area contributed by atoms with Gasteiger partial charge >= 0.3 is 0 Å². The van der Waals surface area contributed by atoms with Gasteiger partial charge in [-0.1, -0.05) is 12.1 Å². The quantitative estimate of drug-likeness (QED) is 0.799. The highest BCUT2D eigenvalue weighted by Gasteiger charge is 2.19. The minimum atomic E-state index is 0.464. The second kappa shape index (κ2) is 6.42. The standard InChI is InChI=1S/C15H20N2O/c1-13-3-2-10-17(13)11-12-18-15-6-4-14(5-7-15)8-9-16/h4-7,13H,2-3,8,10-12H2,1H3. The predicted octanol–water partition coefficient (Wildman–Crippen LogP) is 2.62. The first kappa shape index (κ1) is 12.9. The van der Waals surface area contributed by atoms with Gasteiger partial charge in [-0.25, -0.2) is 0 Å². The average Bonchev–Trinajstić information content (AvgIpc) is 2.78. The zero-order valence-corrected chi connectivity index (χ0v) is 10.9. The van der Waals surface area contributed by atoms with Crippen LogP contribution >= 0.6 is 0 Å². The summed E-state index contributed by atoms with van der Waals surface area (Å²) >= 11 is 0. The van der Waals surface area contributed by atoms with Gasteiger partial charge in [-0.3, -0.25) is 4.90 Å². The average molecular weight is 244 g/mol. The minimum Gasteiger partial charge on any atom is -0.492 e. The first-order chi connectivity index (χ1) is 8.79. The molecule has 1 aliphatic heterocycles. The Morgan fingerprint density at radius 2 is 2.17 bits per heavy atom. The molecule has 0 amide bonds. The summed E-state index contributed by atoms with van der Waals surface area (Å²) in [4.78, 5) is 2.48. The van der Waals surface area contributed by atoms with Gasteiger partial charge in [0.25, 0.3) is 0 Å². The lowest BCUT2D eigenvalue weighted by molar-refractivity contribution is 0.204. The molecular formula is C15H20N2O. The van der Waals surface area contributed by atoms with Crippen molar-refractivity contribution in [2.24, 2.45) is 0 Å². The summed E-state index contributed by atoms with van der Waals surface area (Å²) in [6, 6.07) is 10.6. The van der Waals surface area contributed by atoms with Crippen molar-refractivity contribution in [2.75, 3.05) is 19.7 Å². The van der Waals surface area contributed by atoms with Crippen LogP contribution in [-0.4, -0.2) is 30.6 Å². The molecule has 0 spiro atoms. The fraction of sp³-hybridized carbons (Fsp3) is 0.533. The van der Waals surface area contributed by atoms with E-state index in [-0.39, 0.29) is 0 Å². The Kier molecular flexibility index (Phi) is 4.60. The van der Waals surface area contributed by atoms with Gasteiger partial charge in [0, 0.05) is 12.6 Å². The molecule has 1 saturated heterocycles. The Balaban J connectivity index is 1.74. The van der Waals surface area contributed by atoms with E-state index in [0.717, 1.165) is 24.5 Å². The van der Waals surface area contributed by atoms with Gasteiger partial charge in [0.15, 0.2) is 0 Å². The molecule has 2 rings (SSSR count). The zero-order valence-electron chi connectivity index (χ0n) is 10.9. The first-order valence-corrected chi connectivity index (χ1v) is 6.62. The highest BCUT2D eigenvalue weighted by molar-refractivity contribution is 5.28. The van der Waals surface area contributed by atoms with Crippen LogP contribution in [0.5, 0.6) is 5.75 Å². The van der Waals surface area contributed by atoms with Crippen LogP contribution in [0, 0.1) is 11.3 Å². The van der Waals surface area contributed by atoms with Gasteiger partial charge in [0.05, 0.1) is 12.5 Å². The molecule has 3 heteroatoms. The van der Waals surface area contributed by atoms with E-state index in [1.54, 1.807) is 0 Å². The second-order valence-electron chi connectivity index (χ2n) is 4.85. The molecule has 0 bridgehead atoms. The van der Waals surface area contributed by atoms with Crippen LogP contribution in [0.3, 0.4) is 0 Å². The minimum absolute atomic E-state index is 0.464. The van der Waals surface area contributed by atoms with E-state index in [2.05, 4.69) is 17.9 Å². The Morgan fingerprint density at radius 1 is 1.39 bits per heavy atom. The van der Waals surface area contributed by atoms with Crippen molar-refractivity contribution >= 4 is 0 Å². The number of rotatable bonds is 5. The van der Waals surface area contributed by atoms with Gasteiger partial charge in [-0.05, 0) is 44.0 Å². The van der Waals surface area contributed by atoms with Gasteiger partial charge in [0.2, 0.25) is 0 Å². The Labute approximate surface area is 109 Å². The molecule has 0 aliphatic carbocycles. The number of nitrogens with zero attached hydrogens (tertiary/aromatic N) is 2. The summed E-state index contributed by atoms with van der Waals surface area (Å²) in [5, 5.41) is 8.59. The van der Waals surface area contributed by atoms with Crippen LogP contribution in [-0.2, 0) is 6.42 Å². The zero-order chi connectivity index (χ0) is 12.8. The first-order valence-electron chi connectivity index (χ1n) is 6.62. The van der Waals surface area contributed by atoms with Gasteiger partial charge < -0.3 is 4.74 Å². The molecule has 0 N–H and O–H groups in total. The monoisotopic (exact) mass is 244 g/mol. The van der Waals surface area contributed by atoms with Crippen molar-refractivity contribution in [3.05, 3.63) is 29.8 Å². The highest BCUT2D eigenvalue weighted by Crippen LogP contribution is 2.16. The van der Waals surface area contributed by atoms with E-state index in [1.807, 2.05) is 24.3 Å². The molecule has 1 unspecified atom stereocenters. The van der Waals surface area contributed by atoms with Gasteiger partial charge in [0.1, 0.15) is 12.4 Å². The fourth-order valence-corrected chi connectivity index (χ4v) is 2.40. The lowest BCUT2D eigenvalue weighted by Crippen LogP contribution is -2.31. The number of hydrogen-bond donors (Lipinski definition) is 0. The Morgan fingerprint density at radius 3 is 2.78 bits per heavy atom. The molecule has 1 fully saturated rings. The van der Waals surface area contributed by atoms with E-state index >= 15 is 0 Å². The number of hydrogen-bond acceptors (Lipinski definition) is 3. The van der Waals surface area contributed by atoms with E-state index in [4.69, 9.17) is 10.00 Å². The maximum Gasteiger partial charge on any atom is 0.119 e. The van der Waals surface area contributed by atoms with Crippen molar-refractivity contribution in [3.63, 3.8) is 0 Å². The van der Waals surface area contributed by atoms with Crippen molar-refractivity contribution in [3.8, 4) is 11.8 Å². The van der Waals surface area contributed by atoms with Crippen molar-refractivity contribution < 1.29 is 4.74 Å². The number of nitriles is 1. The molecule has 0 aromatic heterocycles. The summed E-state index contributed by atoms with van der Waals surface area (Å²) in [5.74, 6) is 0.892. The largest absolute Gasteiger partial charge is 0.492 e. The number of benzene rings is 1.